The van der Waals surface area contributed by atoms with Crippen molar-refractivity contribution in [2.75, 3.05) is 60.6 Å². The van der Waals surface area contributed by atoms with Crippen LogP contribution in [0.15, 0.2) is 42.6 Å². The Kier molecular flexibility index (Phi) is 6.86. The van der Waals surface area contributed by atoms with E-state index in [1.807, 2.05) is 18.2 Å². The summed E-state index contributed by atoms with van der Waals surface area (Å²) in [5.74, 6) is -0.286. The number of carboxylic acid groups (broad SMARTS) is 1. The molecule has 0 aliphatic carbocycles. The third kappa shape index (κ3) is 5.44. The average molecular weight is 429 g/mol. The maximum atomic E-state index is 13.7. The van der Waals surface area contributed by atoms with Gasteiger partial charge in [-0.15, -0.1) is 0 Å². The molecule has 3 heterocycles. The Morgan fingerprint density at radius 2 is 1.97 bits per heavy atom. The molecule has 0 amide bonds. The van der Waals surface area contributed by atoms with Gasteiger partial charge in [-0.3, -0.25) is 4.79 Å². The summed E-state index contributed by atoms with van der Waals surface area (Å²) < 4.78 is 19.2. The zero-order valence-electron chi connectivity index (χ0n) is 17.6. The van der Waals surface area contributed by atoms with E-state index < -0.39 is 5.97 Å². The first-order valence-electron chi connectivity index (χ1n) is 10.9. The summed E-state index contributed by atoms with van der Waals surface area (Å²) in [5, 5.41) is 9.31. The van der Waals surface area contributed by atoms with Gasteiger partial charge in [0.2, 0.25) is 0 Å². The fraction of sp³-hybridized carbons (Fsp3) is 0.478. The van der Waals surface area contributed by atoms with E-state index in [4.69, 9.17) is 4.74 Å². The van der Waals surface area contributed by atoms with E-state index in [1.54, 1.807) is 18.3 Å². The largest absolute Gasteiger partial charge is 0.481 e. The molecule has 2 aromatic rings. The number of hydrogen-bond donors (Lipinski definition) is 1. The summed E-state index contributed by atoms with van der Waals surface area (Å²) in [6.07, 6.45) is 3.73. The highest BCUT2D eigenvalue weighted by atomic mass is 19.1. The van der Waals surface area contributed by atoms with Crippen molar-refractivity contribution in [1.82, 2.24) is 4.98 Å². The lowest BCUT2D eigenvalue weighted by atomic mass is 10.0. The van der Waals surface area contributed by atoms with Gasteiger partial charge >= 0.3 is 5.97 Å². The summed E-state index contributed by atoms with van der Waals surface area (Å²) >= 11 is 0. The Balaban J connectivity index is 1.56. The van der Waals surface area contributed by atoms with Gasteiger partial charge in [-0.05, 0) is 37.1 Å². The lowest BCUT2D eigenvalue weighted by Gasteiger charge is -2.41. The highest BCUT2D eigenvalue weighted by Crippen LogP contribution is 2.28. The molecule has 1 aromatic heterocycles. The third-order valence-corrected chi connectivity index (χ3v) is 5.98. The number of nitrogens with zero attached hydrogens (tertiary/aromatic N) is 4. The standard InChI is InChI=1S/C23H29FN4O3/c24-18-3-1-4-19(15-18)27-9-2-5-21(17-27)28(10-7-23(29)30)22-16-20(6-8-25-22)26-11-13-31-14-12-26/h1,3-4,6,8,15-16,21H,2,5,7,9-14,17H2,(H,29,30)/t21-/m1/s1. The van der Waals surface area contributed by atoms with Gasteiger partial charge in [0.15, 0.2) is 0 Å². The van der Waals surface area contributed by atoms with Crippen molar-refractivity contribution in [3.8, 4) is 0 Å². The number of carboxylic acids is 1. The van der Waals surface area contributed by atoms with Crippen molar-refractivity contribution in [2.24, 2.45) is 0 Å². The molecule has 2 aliphatic heterocycles. The minimum absolute atomic E-state index is 0.0416. The molecule has 2 fully saturated rings. The number of aliphatic carboxylic acids is 1. The number of rotatable bonds is 7. The van der Waals surface area contributed by atoms with E-state index in [0.29, 0.717) is 26.3 Å². The SMILES string of the molecule is O=C(O)CCN(c1cc(N2CCOCC2)ccn1)[C@@H]1CCCN(c2cccc(F)c2)C1. The zero-order valence-corrected chi connectivity index (χ0v) is 17.6. The normalized spacial score (nSPS) is 19.3. The molecular weight excluding hydrogens is 399 g/mol. The molecular formula is C23H29FN4O3. The summed E-state index contributed by atoms with van der Waals surface area (Å²) in [6.45, 7) is 5.00. The molecule has 0 bridgehead atoms. The van der Waals surface area contributed by atoms with E-state index >= 15 is 0 Å². The van der Waals surface area contributed by atoms with E-state index in [-0.39, 0.29) is 18.3 Å². The molecule has 0 radical (unpaired) electrons. The van der Waals surface area contributed by atoms with Crippen LogP contribution in [0, 0.1) is 5.82 Å². The Morgan fingerprint density at radius 1 is 1.16 bits per heavy atom. The number of aromatic nitrogens is 1. The van der Waals surface area contributed by atoms with E-state index in [0.717, 1.165) is 49.7 Å². The predicted molar refractivity (Wildman–Crippen MR) is 119 cm³/mol. The van der Waals surface area contributed by atoms with Gasteiger partial charge in [0.1, 0.15) is 11.6 Å². The average Bonchev–Trinajstić information content (AvgIpc) is 2.80. The third-order valence-electron chi connectivity index (χ3n) is 5.98. The molecule has 1 aromatic carbocycles. The molecule has 166 valence electrons. The van der Waals surface area contributed by atoms with Crippen LogP contribution in [0.2, 0.25) is 0 Å². The molecule has 1 atom stereocenters. The maximum absolute atomic E-state index is 13.7. The minimum Gasteiger partial charge on any atom is -0.481 e. The Labute approximate surface area is 182 Å². The lowest BCUT2D eigenvalue weighted by Crippen LogP contribution is -2.49. The monoisotopic (exact) mass is 428 g/mol. The van der Waals surface area contributed by atoms with Crippen LogP contribution in [0.5, 0.6) is 0 Å². The molecule has 1 N–H and O–H groups in total. The number of ether oxygens (including phenoxy) is 1. The minimum atomic E-state index is -0.827. The second-order valence-corrected chi connectivity index (χ2v) is 8.03. The lowest BCUT2D eigenvalue weighted by molar-refractivity contribution is -0.136. The molecule has 2 aliphatic rings. The van der Waals surface area contributed by atoms with Crippen LogP contribution in [-0.4, -0.2) is 68.0 Å². The van der Waals surface area contributed by atoms with Gasteiger partial charge < -0.3 is 24.5 Å². The quantitative estimate of drug-likeness (QED) is 0.727. The van der Waals surface area contributed by atoms with Crippen molar-refractivity contribution in [3.63, 3.8) is 0 Å². The van der Waals surface area contributed by atoms with Gasteiger partial charge in [0.25, 0.3) is 0 Å². The van der Waals surface area contributed by atoms with Crippen molar-refractivity contribution in [2.45, 2.75) is 25.3 Å². The van der Waals surface area contributed by atoms with E-state index in [1.165, 1.54) is 6.07 Å². The van der Waals surface area contributed by atoms with Crippen LogP contribution >= 0.6 is 0 Å². The number of morpholine rings is 1. The predicted octanol–water partition coefficient (Wildman–Crippen LogP) is 3.01. The van der Waals surface area contributed by atoms with Crippen LogP contribution < -0.4 is 14.7 Å². The first-order valence-corrected chi connectivity index (χ1v) is 10.9. The Hall–Kier alpha value is -2.87. The maximum Gasteiger partial charge on any atom is 0.305 e. The van der Waals surface area contributed by atoms with Gasteiger partial charge in [-0.25, -0.2) is 9.37 Å². The smallest absolute Gasteiger partial charge is 0.305 e. The Morgan fingerprint density at radius 3 is 2.74 bits per heavy atom. The van der Waals surface area contributed by atoms with Gasteiger partial charge in [0, 0.05) is 62.4 Å². The molecule has 8 heteroatoms. The number of carbonyl (C=O) groups is 1. The van der Waals surface area contributed by atoms with Crippen LogP contribution in [0.3, 0.4) is 0 Å². The van der Waals surface area contributed by atoms with Crippen LogP contribution in [0.25, 0.3) is 0 Å². The Bertz CT molecular complexity index is 891. The van der Waals surface area contributed by atoms with Gasteiger partial charge in [-0.1, -0.05) is 6.07 Å². The molecule has 31 heavy (non-hydrogen) atoms. The molecule has 4 rings (SSSR count). The van der Waals surface area contributed by atoms with Crippen LogP contribution in [0.4, 0.5) is 21.6 Å². The summed E-state index contributed by atoms with van der Waals surface area (Å²) in [6, 6.07) is 10.8. The van der Waals surface area contributed by atoms with Gasteiger partial charge in [0.05, 0.1) is 19.6 Å². The number of piperidine rings is 1. The zero-order chi connectivity index (χ0) is 21.6. The molecule has 2 saturated heterocycles. The fourth-order valence-electron chi connectivity index (χ4n) is 4.40. The summed E-state index contributed by atoms with van der Waals surface area (Å²) in [4.78, 5) is 22.5. The summed E-state index contributed by atoms with van der Waals surface area (Å²) in [5.41, 5.74) is 1.93. The fourth-order valence-corrected chi connectivity index (χ4v) is 4.40. The number of pyridine rings is 1. The first kappa shape index (κ1) is 21.4. The molecule has 0 saturated carbocycles. The molecule has 0 spiro atoms. The van der Waals surface area contributed by atoms with E-state index in [2.05, 4.69) is 19.7 Å². The number of hydrogen-bond acceptors (Lipinski definition) is 6. The van der Waals surface area contributed by atoms with E-state index in [9.17, 15) is 14.3 Å². The first-order chi connectivity index (χ1) is 15.1. The second kappa shape index (κ2) is 9.96. The van der Waals surface area contributed by atoms with Crippen molar-refractivity contribution < 1.29 is 19.0 Å². The topological polar surface area (TPSA) is 69.1 Å². The number of benzene rings is 1. The number of anilines is 3. The summed E-state index contributed by atoms with van der Waals surface area (Å²) in [7, 11) is 0. The van der Waals surface area contributed by atoms with Crippen molar-refractivity contribution >= 4 is 23.2 Å². The second-order valence-electron chi connectivity index (χ2n) is 8.03. The van der Waals surface area contributed by atoms with Crippen molar-refractivity contribution in [1.29, 1.82) is 0 Å². The van der Waals surface area contributed by atoms with Crippen molar-refractivity contribution in [3.05, 3.63) is 48.4 Å². The molecule has 0 unspecified atom stereocenters. The van der Waals surface area contributed by atoms with Crippen LogP contribution in [-0.2, 0) is 9.53 Å². The highest BCUT2D eigenvalue weighted by Gasteiger charge is 2.27. The molecule has 7 nitrogen and oxygen atoms in total. The van der Waals surface area contributed by atoms with Gasteiger partial charge in [-0.2, -0.15) is 0 Å². The number of halogens is 1. The van der Waals surface area contributed by atoms with Crippen LogP contribution in [0.1, 0.15) is 19.3 Å². The highest BCUT2D eigenvalue weighted by molar-refractivity contribution is 5.68.